The number of nitrogens with one attached hydrogen (secondary N) is 2. The van der Waals surface area contributed by atoms with Gasteiger partial charge in [-0.2, -0.15) is 0 Å². The van der Waals surface area contributed by atoms with E-state index in [-0.39, 0.29) is 11.3 Å². The first-order valence-electron chi connectivity index (χ1n) is 6.86. The van der Waals surface area contributed by atoms with E-state index < -0.39 is 24.3 Å². The summed E-state index contributed by atoms with van der Waals surface area (Å²) in [6.07, 6.45) is -0.555. The van der Waals surface area contributed by atoms with Crippen LogP contribution in [0.25, 0.3) is 0 Å². The third-order valence-corrected chi connectivity index (χ3v) is 3.54. The first-order chi connectivity index (χ1) is 9.59. The van der Waals surface area contributed by atoms with Crippen molar-refractivity contribution >= 4 is 12.2 Å². The maximum absolute atomic E-state index is 10.7. The van der Waals surface area contributed by atoms with Crippen molar-refractivity contribution in [3.8, 4) is 0 Å². The molecule has 7 heteroatoms. The predicted molar refractivity (Wildman–Crippen MR) is 79.4 cm³/mol. The summed E-state index contributed by atoms with van der Waals surface area (Å²) in [7, 11) is 0. The Hall–Kier alpha value is -1.76. The molecule has 0 aromatic heterocycles. The SMILES string of the molecule is C=CC(O)[C@H](CC(C)(C)CCNC(=O)O)[C@@H](C)NC(=O)O. The van der Waals surface area contributed by atoms with Gasteiger partial charge < -0.3 is 26.0 Å². The summed E-state index contributed by atoms with van der Waals surface area (Å²) in [5, 5.41) is 32.0. The van der Waals surface area contributed by atoms with E-state index >= 15 is 0 Å². The molecule has 0 aliphatic carbocycles. The fourth-order valence-corrected chi connectivity index (χ4v) is 2.32. The number of rotatable bonds is 9. The molecular weight excluding hydrogens is 276 g/mol. The molecule has 7 nitrogen and oxygen atoms in total. The van der Waals surface area contributed by atoms with Crippen molar-refractivity contribution in [2.75, 3.05) is 6.54 Å². The smallest absolute Gasteiger partial charge is 0.404 e. The summed E-state index contributed by atoms with van der Waals surface area (Å²) < 4.78 is 0. The van der Waals surface area contributed by atoms with E-state index in [4.69, 9.17) is 10.2 Å². The minimum Gasteiger partial charge on any atom is -0.465 e. The van der Waals surface area contributed by atoms with Gasteiger partial charge in [-0.3, -0.25) is 0 Å². The summed E-state index contributed by atoms with van der Waals surface area (Å²) in [6, 6.07) is -0.442. The standard InChI is InChI=1S/C14H26N2O5/c1-5-11(17)10(9(2)16-13(20)21)8-14(3,4)6-7-15-12(18)19/h5,9-11,15-17H,1,6-8H2,2-4H3,(H,18,19)(H,20,21)/t9-,10-,11?/m1/s1. The van der Waals surface area contributed by atoms with Gasteiger partial charge in [-0.1, -0.05) is 19.9 Å². The number of aliphatic hydroxyl groups is 1. The number of carbonyl (C=O) groups is 2. The van der Waals surface area contributed by atoms with Crippen LogP contribution in [0.2, 0.25) is 0 Å². The van der Waals surface area contributed by atoms with Crippen molar-refractivity contribution in [3.63, 3.8) is 0 Å². The molecule has 122 valence electrons. The van der Waals surface area contributed by atoms with Crippen LogP contribution in [0.15, 0.2) is 12.7 Å². The second kappa shape index (κ2) is 8.51. The predicted octanol–water partition coefficient (Wildman–Crippen LogP) is 1.88. The van der Waals surface area contributed by atoms with E-state index in [1.165, 1.54) is 6.08 Å². The summed E-state index contributed by atoms with van der Waals surface area (Å²) in [5.74, 6) is -0.335. The zero-order valence-corrected chi connectivity index (χ0v) is 12.8. The highest BCUT2D eigenvalue weighted by Gasteiger charge is 2.31. The third kappa shape index (κ3) is 8.19. The van der Waals surface area contributed by atoms with Crippen LogP contribution in [-0.2, 0) is 0 Å². The van der Waals surface area contributed by atoms with Crippen LogP contribution in [0.4, 0.5) is 9.59 Å². The largest absolute Gasteiger partial charge is 0.465 e. The Morgan fingerprint density at radius 1 is 1.29 bits per heavy atom. The highest BCUT2D eigenvalue weighted by Crippen LogP contribution is 2.32. The van der Waals surface area contributed by atoms with Gasteiger partial charge in [0.2, 0.25) is 0 Å². The van der Waals surface area contributed by atoms with E-state index in [1.807, 2.05) is 13.8 Å². The first-order valence-corrected chi connectivity index (χ1v) is 6.86. The van der Waals surface area contributed by atoms with E-state index in [0.29, 0.717) is 19.4 Å². The van der Waals surface area contributed by atoms with Crippen molar-refractivity contribution in [1.29, 1.82) is 0 Å². The van der Waals surface area contributed by atoms with E-state index in [0.717, 1.165) is 0 Å². The number of carboxylic acid groups (broad SMARTS) is 2. The maximum Gasteiger partial charge on any atom is 0.404 e. The van der Waals surface area contributed by atoms with Crippen LogP contribution >= 0.6 is 0 Å². The third-order valence-electron chi connectivity index (χ3n) is 3.54. The van der Waals surface area contributed by atoms with Gasteiger partial charge in [0.25, 0.3) is 0 Å². The molecule has 3 atom stereocenters. The molecule has 0 aromatic carbocycles. The summed E-state index contributed by atoms with van der Waals surface area (Å²) in [4.78, 5) is 21.2. The van der Waals surface area contributed by atoms with Crippen LogP contribution < -0.4 is 10.6 Å². The van der Waals surface area contributed by atoms with Crippen LogP contribution in [0.5, 0.6) is 0 Å². The zero-order valence-electron chi connectivity index (χ0n) is 12.8. The van der Waals surface area contributed by atoms with Crippen molar-refractivity contribution in [2.45, 2.75) is 45.8 Å². The fourth-order valence-electron chi connectivity index (χ4n) is 2.32. The van der Waals surface area contributed by atoms with Crippen molar-refractivity contribution in [3.05, 3.63) is 12.7 Å². The Bertz CT molecular complexity index is 370. The number of hydrogen-bond donors (Lipinski definition) is 5. The van der Waals surface area contributed by atoms with Gasteiger partial charge in [-0.25, -0.2) is 9.59 Å². The van der Waals surface area contributed by atoms with E-state index in [1.54, 1.807) is 6.92 Å². The molecule has 0 bridgehead atoms. The van der Waals surface area contributed by atoms with Crippen molar-refractivity contribution < 1.29 is 24.9 Å². The molecule has 0 rings (SSSR count). The molecule has 0 spiro atoms. The highest BCUT2D eigenvalue weighted by atomic mass is 16.4. The first kappa shape index (κ1) is 19.2. The molecule has 0 aliphatic heterocycles. The van der Waals surface area contributed by atoms with E-state index in [2.05, 4.69) is 17.2 Å². The topological polar surface area (TPSA) is 119 Å². The maximum atomic E-state index is 10.7. The van der Waals surface area contributed by atoms with E-state index in [9.17, 15) is 14.7 Å². The van der Waals surface area contributed by atoms with Crippen LogP contribution in [0.1, 0.15) is 33.6 Å². The van der Waals surface area contributed by atoms with Crippen LogP contribution in [0.3, 0.4) is 0 Å². The lowest BCUT2D eigenvalue weighted by Crippen LogP contribution is -2.44. The molecule has 1 unspecified atom stereocenters. The molecule has 2 amide bonds. The van der Waals surface area contributed by atoms with Crippen molar-refractivity contribution in [2.24, 2.45) is 11.3 Å². The number of amides is 2. The minimum atomic E-state index is -1.14. The molecule has 0 radical (unpaired) electrons. The number of hydrogen-bond acceptors (Lipinski definition) is 3. The molecule has 0 saturated heterocycles. The highest BCUT2D eigenvalue weighted by molar-refractivity contribution is 5.65. The molecule has 0 fully saturated rings. The Morgan fingerprint density at radius 2 is 1.86 bits per heavy atom. The van der Waals surface area contributed by atoms with Crippen molar-refractivity contribution in [1.82, 2.24) is 10.6 Å². The van der Waals surface area contributed by atoms with Crippen LogP contribution in [-0.4, -0.2) is 46.2 Å². The molecule has 21 heavy (non-hydrogen) atoms. The summed E-state index contributed by atoms with van der Waals surface area (Å²) >= 11 is 0. The molecular formula is C14H26N2O5. The van der Waals surface area contributed by atoms with Gasteiger partial charge in [-0.05, 0) is 25.2 Å². The van der Waals surface area contributed by atoms with Gasteiger partial charge in [-0.15, -0.1) is 6.58 Å². The number of aliphatic hydroxyl groups excluding tert-OH is 1. The average Bonchev–Trinajstić information content (AvgIpc) is 2.33. The van der Waals surface area contributed by atoms with Gasteiger partial charge in [0.15, 0.2) is 0 Å². The monoisotopic (exact) mass is 302 g/mol. The fraction of sp³-hybridized carbons (Fsp3) is 0.714. The Labute approximate surface area is 125 Å². The molecule has 0 aromatic rings. The van der Waals surface area contributed by atoms with Gasteiger partial charge in [0.1, 0.15) is 0 Å². The second-order valence-corrected chi connectivity index (χ2v) is 5.98. The Morgan fingerprint density at radius 3 is 2.29 bits per heavy atom. The lowest BCUT2D eigenvalue weighted by Gasteiger charge is -2.34. The second-order valence-electron chi connectivity index (χ2n) is 5.98. The van der Waals surface area contributed by atoms with Gasteiger partial charge in [0.05, 0.1) is 6.10 Å². The molecule has 0 aliphatic rings. The minimum absolute atomic E-state index is 0.258. The van der Waals surface area contributed by atoms with Gasteiger partial charge >= 0.3 is 12.2 Å². The zero-order chi connectivity index (χ0) is 16.6. The Kier molecular flexibility index (Phi) is 7.80. The quantitative estimate of drug-likeness (QED) is 0.417. The molecule has 5 N–H and O–H groups in total. The van der Waals surface area contributed by atoms with Crippen LogP contribution in [0, 0.1) is 11.3 Å². The lowest BCUT2D eigenvalue weighted by atomic mass is 9.75. The normalized spacial score (nSPS) is 15.6. The summed E-state index contributed by atoms with van der Waals surface area (Å²) in [5.41, 5.74) is -0.258. The lowest BCUT2D eigenvalue weighted by molar-refractivity contribution is 0.0867. The molecule has 0 heterocycles. The Balaban J connectivity index is 4.73. The molecule has 0 saturated carbocycles. The summed E-state index contributed by atoms with van der Waals surface area (Å²) in [6.45, 7) is 9.44. The average molecular weight is 302 g/mol. The van der Waals surface area contributed by atoms with Gasteiger partial charge in [0, 0.05) is 18.5 Å².